The van der Waals surface area contributed by atoms with Crippen LogP contribution in [0.4, 0.5) is 11.4 Å². The van der Waals surface area contributed by atoms with Crippen molar-refractivity contribution in [3.63, 3.8) is 0 Å². The number of nitrogens with two attached hydrogens (primary N) is 1. The number of hydrogen-bond donors (Lipinski definition) is 2. The van der Waals surface area contributed by atoms with Crippen molar-refractivity contribution >= 4 is 29.7 Å². The van der Waals surface area contributed by atoms with Crippen LogP contribution in [0.1, 0.15) is 20.3 Å². The maximum Gasteiger partial charge on any atom is 0.231 e. The molecule has 0 atom stereocenters. The summed E-state index contributed by atoms with van der Waals surface area (Å²) in [6.07, 6.45) is 0.466. The van der Waals surface area contributed by atoms with Crippen molar-refractivity contribution in [2.24, 2.45) is 5.92 Å². The monoisotopic (exact) mass is 272 g/mol. The standard InChI is InChI=1S/C12H16N2O3.ClH/c1-7(2)3-12(15)14-9-5-11-10(4-8(9)13)16-6-17-11;/h4-5,7H,3,6,13H2,1-2H3,(H,14,15);1H. The average Bonchev–Trinajstić information content (AvgIpc) is 2.63. The number of nitrogens with one attached hydrogen (secondary N) is 1. The lowest BCUT2D eigenvalue weighted by atomic mass is 10.1. The second-order valence-electron chi connectivity index (χ2n) is 4.44. The van der Waals surface area contributed by atoms with E-state index in [4.69, 9.17) is 15.2 Å². The highest BCUT2D eigenvalue weighted by atomic mass is 35.5. The number of benzene rings is 1. The predicted molar refractivity (Wildman–Crippen MR) is 72.3 cm³/mol. The van der Waals surface area contributed by atoms with E-state index >= 15 is 0 Å². The lowest BCUT2D eigenvalue weighted by Crippen LogP contribution is -2.14. The van der Waals surface area contributed by atoms with Gasteiger partial charge in [0.1, 0.15) is 0 Å². The van der Waals surface area contributed by atoms with Gasteiger partial charge in [0.25, 0.3) is 0 Å². The molecule has 6 heteroatoms. The molecule has 0 aromatic heterocycles. The minimum Gasteiger partial charge on any atom is -0.454 e. The minimum atomic E-state index is -0.0504. The van der Waals surface area contributed by atoms with Crippen LogP contribution in [0.15, 0.2) is 12.1 Å². The van der Waals surface area contributed by atoms with Crippen molar-refractivity contribution in [1.82, 2.24) is 0 Å². The summed E-state index contributed by atoms with van der Waals surface area (Å²) in [5, 5.41) is 2.77. The topological polar surface area (TPSA) is 73.6 Å². The summed E-state index contributed by atoms with van der Waals surface area (Å²) in [6, 6.07) is 3.35. The van der Waals surface area contributed by atoms with Crippen LogP contribution in [0, 0.1) is 5.92 Å². The third-order valence-electron chi connectivity index (χ3n) is 2.41. The van der Waals surface area contributed by atoms with E-state index in [-0.39, 0.29) is 25.1 Å². The molecule has 1 aliphatic rings. The minimum absolute atomic E-state index is 0. The average molecular weight is 273 g/mol. The number of ether oxygens (including phenoxy) is 2. The third kappa shape index (κ3) is 3.20. The summed E-state index contributed by atoms with van der Waals surface area (Å²) < 4.78 is 10.4. The van der Waals surface area contributed by atoms with Gasteiger partial charge in [-0.15, -0.1) is 12.4 Å². The molecule has 0 fully saturated rings. The first kappa shape index (κ1) is 14.4. The molecule has 1 aromatic rings. The number of nitrogen functional groups attached to an aromatic ring is 1. The van der Waals surface area contributed by atoms with Gasteiger partial charge in [0, 0.05) is 18.6 Å². The van der Waals surface area contributed by atoms with E-state index in [2.05, 4.69) is 5.32 Å². The molecule has 2 rings (SSSR count). The largest absolute Gasteiger partial charge is 0.454 e. The summed E-state index contributed by atoms with van der Waals surface area (Å²) >= 11 is 0. The van der Waals surface area contributed by atoms with Gasteiger partial charge in [0.05, 0.1) is 11.4 Å². The molecule has 0 unspecified atom stereocenters. The van der Waals surface area contributed by atoms with E-state index in [9.17, 15) is 4.79 Å². The van der Waals surface area contributed by atoms with E-state index < -0.39 is 0 Å². The van der Waals surface area contributed by atoms with Gasteiger partial charge in [0.15, 0.2) is 11.5 Å². The number of carbonyl (C=O) groups excluding carboxylic acids is 1. The number of carbonyl (C=O) groups is 1. The second-order valence-corrected chi connectivity index (χ2v) is 4.44. The highest BCUT2D eigenvalue weighted by Gasteiger charge is 2.17. The highest BCUT2D eigenvalue weighted by molar-refractivity contribution is 5.94. The molecular weight excluding hydrogens is 256 g/mol. The molecule has 3 N–H and O–H groups in total. The molecule has 18 heavy (non-hydrogen) atoms. The molecule has 0 saturated carbocycles. The predicted octanol–water partition coefficient (Wildman–Crippen LogP) is 2.40. The third-order valence-corrected chi connectivity index (χ3v) is 2.41. The lowest BCUT2D eigenvalue weighted by molar-refractivity contribution is -0.116. The first-order valence-corrected chi connectivity index (χ1v) is 5.55. The van der Waals surface area contributed by atoms with Crippen LogP contribution in [0.3, 0.4) is 0 Å². The quantitative estimate of drug-likeness (QED) is 0.829. The van der Waals surface area contributed by atoms with Crippen molar-refractivity contribution in [2.75, 3.05) is 17.8 Å². The lowest BCUT2D eigenvalue weighted by Gasteiger charge is -2.10. The SMILES string of the molecule is CC(C)CC(=O)Nc1cc2c(cc1N)OCO2.Cl. The van der Waals surface area contributed by atoms with Gasteiger partial charge in [-0.2, -0.15) is 0 Å². The zero-order valence-electron chi connectivity index (χ0n) is 10.4. The van der Waals surface area contributed by atoms with Crippen molar-refractivity contribution in [3.8, 4) is 11.5 Å². The molecule has 1 aromatic carbocycles. The van der Waals surface area contributed by atoms with Gasteiger partial charge in [-0.25, -0.2) is 0 Å². The van der Waals surface area contributed by atoms with E-state index in [1.807, 2.05) is 13.8 Å². The Bertz CT molecular complexity index is 449. The Morgan fingerprint density at radius 1 is 1.39 bits per heavy atom. The fourth-order valence-electron chi connectivity index (χ4n) is 1.64. The van der Waals surface area contributed by atoms with Crippen LogP contribution in [0.5, 0.6) is 11.5 Å². The number of hydrogen-bond acceptors (Lipinski definition) is 4. The summed E-state index contributed by atoms with van der Waals surface area (Å²) in [5.74, 6) is 1.49. The molecular formula is C12H17ClN2O3. The maximum atomic E-state index is 11.6. The van der Waals surface area contributed by atoms with Crippen molar-refractivity contribution in [2.45, 2.75) is 20.3 Å². The van der Waals surface area contributed by atoms with Gasteiger partial charge in [-0.05, 0) is 5.92 Å². The number of amides is 1. The van der Waals surface area contributed by atoms with E-state index in [1.54, 1.807) is 12.1 Å². The van der Waals surface area contributed by atoms with Gasteiger partial charge < -0.3 is 20.5 Å². The van der Waals surface area contributed by atoms with Gasteiger partial charge >= 0.3 is 0 Å². The smallest absolute Gasteiger partial charge is 0.231 e. The Balaban J connectivity index is 0.00000162. The van der Waals surface area contributed by atoms with Crippen molar-refractivity contribution in [1.29, 1.82) is 0 Å². The van der Waals surface area contributed by atoms with Crippen LogP contribution >= 0.6 is 12.4 Å². The number of fused-ring (bicyclic) bond motifs is 1. The van der Waals surface area contributed by atoms with Gasteiger partial charge in [-0.3, -0.25) is 4.79 Å². The molecule has 0 saturated heterocycles. The molecule has 0 radical (unpaired) electrons. The zero-order chi connectivity index (χ0) is 12.4. The Hall–Kier alpha value is -1.62. The van der Waals surface area contributed by atoms with E-state index in [0.29, 0.717) is 35.2 Å². The molecule has 100 valence electrons. The normalized spacial score (nSPS) is 12.2. The van der Waals surface area contributed by atoms with Crippen LogP contribution in [0.2, 0.25) is 0 Å². The first-order valence-electron chi connectivity index (χ1n) is 5.55. The highest BCUT2D eigenvalue weighted by Crippen LogP contribution is 2.38. The van der Waals surface area contributed by atoms with Crippen LogP contribution in [0.25, 0.3) is 0 Å². The Morgan fingerprint density at radius 2 is 2.00 bits per heavy atom. The summed E-state index contributed by atoms with van der Waals surface area (Å²) in [5.41, 5.74) is 6.87. The molecule has 5 nitrogen and oxygen atoms in total. The first-order chi connectivity index (χ1) is 8.06. The fourth-order valence-corrected chi connectivity index (χ4v) is 1.64. The van der Waals surface area contributed by atoms with Crippen LogP contribution in [-0.2, 0) is 4.79 Å². The van der Waals surface area contributed by atoms with E-state index in [1.165, 1.54) is 0 Å². The summed E-state index contributed by atoms with van der Waals surface area (Å²) in [7, 11) is 0. The second kappa shape index (κ2) is 5.82. The van der Waals surface area contributed by atoms with Gasteiger partial charge in [-0.1, -0.05) is 13.8 Å². The number of anilines is 2. The molecule has 1 heterocycles. The maximum absolute atomic E-state index is 11.6. The van der Waals surface area contributed by atoms with Crippen molar-refractivity contribution in [3.05, 3.63) is 12.1 Å². The Morgan fingerprint density at radius 3 is 2.61 bits per heavy atom. The van der Waals surface area contributed by atoms with E-state index in [0.717, 1.165) is 0 Å². The van der Waals surface area contributed by atoms with Crippen LogP contribution in [-0.4, -0.2) is 12.7 Å². The molecule has 0 bridgehead atoms. The number of halogens is 1. The Kier molecular flexibility index (Phi) is 4.67. The Labute approximate surface area is 112 Å². The number of rotatable bonds is 3. The fraction of sp³-hybridized carbons (Fsp3) is 0.417. The zero-order valence-corrected chi connectivity index (χ0v) is 11.2. The summed E-state index contributed by atoms with van der Waals surface area (Å²) in [4.78, 5) is 11.6. The summed E-state index contributed by atoms with van der Waals surface area (Å²) in [6.45, 7) is 4.17. The van der Waals surface area contributed by atoms with Crippen LogP contribution < -0.4 is 20.5 Å². The van der Waals surface area contributed by atoms with Gasteiger partial charge in [0.2, 0.25) is 12.7 Å². The molecule has 1 amide bonds. The molecule has 0 spiro atoms. The molecule has 1 aliphatic heterocycles. The van der Waals surface area contributed by atoms with Crippen molar-refractivity contribution < 1.29 is 14.3 Å². The molecule has 0 aliphatic carbocycles.